The molecule has 0 aliphatic heterocycles. The van der Waals surface area contributed by atoms with Crippen molar-refractivity contribution in [3.63, 3.8) is 0 Å². The predicted molar refractivity (Wildman–Crippen MR) is 96.1 cm³/mol. The van der Waals surface area contributed by atoms with Crippen LogP contribution in [0.1, 0.15) is 17.7 Å². The number of fused-ring (bicyclic) bond motifs is 1. The van der Waals surface area contributed by atoms with Crippen LogP contribution in [-0.2, 0) is 12.2 Å². The SMILES string of the molecule is CCc1cc2c(SCc3nnc(-c4ccccc4)o3)ncnc2s1. The molecule has 5 nitrogen and oxygen atoms in total. The van der Waals surface area contributed by atoms with E-state index in [1.54, 1.807) is 29.4 Å². The summed E-state index contributed by atoms with van der Waals surface area (Å²) in [5, 5.41) is 10.3. The highest BCUT2D eigenvalue weighted by molar-refractivity contribution is 7.98. The Bertz CT molecular complexity index is 965. The lowest BCUT2D eigenvalue weighted by atomic mass is 10.2. The molecule has 3 heterocycles. The first kappa shape index (κ1) is 15.3. The van der Waals surface area contributed by atoms with Gasteiger partial charge in [-0.15, -0.1) is 21.5 Å². The van der Waals surface area contributed by atoms with Gasteiger partial charge in [0, 0.05) is 15.8 Å². The normalized spacial score (nSPS) is 11.2. The van der Waals surface area contributed by atoms with Crippen LogP contribution in [-0.4, -0.2) is 20.2 Å². The zero-order chi connectivity index (χ0) is 16.4. The molecular formula is C17H14N4OS2. The second kappa shape index (κ2) is 6.70. The van der Waals surface area contributed by atoms with Gasteiger partial charge in [0.1, 0.15) is 16.2 Å². The number of aryl methyl sites for hydroxylation is 1. The third-order valence-electron chi connectivity index (χ3n) is 3.51. The van der Waals surface area contributed by atoms with E-state index in [0.29, 0.717) is 17.5 Å². The Balaban J connectivity index is 1.53. The maximum Gasteiger partial charge on any atom is 0.247 e. The summed E-state index contributed by atoms with van der Waals surface area (Å²) in [6.45, 7) is 2.15. The van der Waals surface area contributed by atoms with Gasteiger partial charge in [0.25, 0.3) is 0 Å². The number of benzene rings is 1. The summed E-state index contributed by atoms with van der Waals surface area (Å²) in [5.74, 6) is 1.72. The molecule has 0 amide bonds. The molecule has 0 unspecified atom stereocenters. The van der Waals surface area contributed by atoms with Crippen molar-refractivity contribution in [1.82, 2.24) is 20.2 Å². The first-order chi connectivity index (χ1) is 11.8. The summed E-state index contributed by atoms with van der Waals surface area (Å²) in [4.78, 5) is 11.1. The quantitative estimate of drug-likeness (QED) is 0.386. The van der Waals surface area contributed by atoms with Crippen LogP contribution >= 0.6 is 23.1 Å². The standard InChI is InChI=1S/C17H14N4OS2/c1-2-12-8-13-16(18-10-19-17(13)24-12)23-9-14-20-21-15(22-14)11-6-4-3-5-7-11/h3-8,10H,2,9H2,1H3. The number of nitrogens with zero attached hydrogens (tertiary/aromatic N) is 4. The number of hydrogen-bond donors (Lipinski definition) is 0. The van der Waals surface area contributed by atoms with E-state index in [-0.39, 0.29) is 0 Å². The van der Waals surface area contributed by atoms with Crippen molar-refractivity contribution in [2.45, 2.75) is 24.1 Å². The van der Waals surface area contributed by atoms with Crippen molar-refractivity contribution >= 4 is 33.3 Å². The third-order valence-corrected chi connectivity index (χ3v) is 5.69. The van der Waals surface area contributed by atoms with E-state index in [1.165, 1.54) is 4.88 Å². The third kappa shape index (κ3) is 3.05. The molecule has 0 radical (unpaired) electrons. The van der Waals surface area contributed by atoms with Gasteiger partial charge in [-0.2, -0.15) is 0 Å². The Morgan fingerprint density at radius 2 is 2.00 bits per heavy atom. The summed E-state index contributed by atoms with van der Waals surface area (Å²) < 4.78 is 5.75. The molecule has 0 atom stereocenters. The average Bonchev–Trinajstić information content (AvgIpc) is 3.27. The maximum absolute atomic E-state index is 5.75. The Kier molecular flexibility index (Phi) is 4.27. The van der Waals surface area contributed by atoms with E-state index < -0.39 is 0 Å². The van der Waals surface area contributed by atoms with Crippen LogP contribution in [0.15, 0.2) is 52.2 Å². The second-order valence-corrected chi connectivity index (χ2v) is 7.20. The van der Waals surface area contributed by atoms with E-state index in [4.69, 9.17) is 4.42 Å². The minimum absolute atomic E-state index is 0.544. The monoisotopic (exact) mass is 354 g/mol. The van der Waals surface area contributed by atoms with E-state index >= 15 is 0 Å². The molecule has 4 rings (SSSR count). The molecular weight excluding hydrogens is 340 g/mol. The van der Waals surface area contributed by atoms with Crippen LogP contribution in [0.3, 0.4) is 0 Å². The van der Waals surface area contributed by atoms with Gasteiger partial charge in [-0.3, -0.25) is 0 Å². The molecule has 3 aromatic heterocycles. The predicted octanol–water partition coefficient (Wildman–Crippen LogP) is 4.60. The molecule has 7 heteroatoms. The second-order valence-electron chi connectivity index (χ2n) is 5.12. The number of thiophene rings is 1. The lowest BCUT2D eigenvalue weighted by Crippen LogP contribution is -1.85. The summed E-state index contributed by atoms with van der Waals surface area (Å²) in [6, 6.07) is 11.9. The lowest BCUT2D eigenvalue weighted by Gasteiger charge is -1.98. The minimum Gasteiger partial charge on any atom is -0.420 e. The minimum atomic E-state index is 0.544. The van der Waals surface area contributed by atoms with Crippen LogP contribution in [0.4, 0.5) is 0 Å². The zero-order valence-corrected chi connectivity index (χ0v) is 14.6. The molecule has 120 valence electrons. The Hall–Kier alpha value is -2.25. The van der Waals surface area contributed by atoms with Crippen LogP contribution in [0.2, 0.25) is 0 Å². The van der Waals surface area contributed by atoms with Crippen molar-refractivity contribution in [2.24, 2.45) is 0 Å². The molecule has 0 aliphatic rings. The molecule has 0 saturated carbocycles. The number of thioether (sulfide) groups is 1. The van der Waals surface area contributed by atoms with Crippen LogP contribution in [0.5, 0.6) is 0 Å². The number of hydrogen-bond acceptors (Lipinski definition) is 7. The lowest BCUT2D eigenvalue weighted by molar-refractivity contribution is 0.528. The zero-order valence-electron chi connectivity index (χ0n) is 13.0. The van der Waals surface area contributed by atoms with E-state index in [9.17, 15) is 0 Å². The van der Waals surface area contributed by atoms with Gasteiger partial charge in [0.15, 0.2) is 0 Å². The largest absolute Gasteiger partial charge is 0.420 e. The van der Waals surface area contributed by atoms with Crippen LogP contribution in [0, 0.1) is 0 Å². The number of aromatic nitrogens is 4. The number of rotatable bonds is 5. The highest BCUT2D eigenvalue weighted by Crippen LogP contribution is 2.32. The highest BCUT2D eigenvalue weighted by Gasteiger charge is 2.12. The van der Waals surface area contributed by atoms with Gasteiger partial charge in [0.2, 0.25) is 11.8 Å². The first-order valence-electron chi connectivity index (χ1n) is 7.57. The molecule has 4 aromatic rings. The molecule has 0 aliphatic carbocycles. The van der Waals surface area contributed by atoms with Gasteiger partial charge in [0.05, 0.1) is 5.75 Å². The van der Waals surface area contributed by atoms with Crippen LogP contribution < -0.4 is 0 Å². The van der Waals surface area contributed by atoms with Crippen LogP contribution in [0.25, 0.3) is 21.7 Å². The molecule has 1 aromatic carbocycles. The van der Waals surface area contributed by atoms with Crippen molar-refractivity contribution in [2.75, 3.05) is 0 Å². The van der Waals surface area contributed by atoms with E-state index in [0.717, 1.165) is 27.2 Å². The fourth-order valence-corrected chi connectivity index (χ4v) is 4.12. The summed E-state index contributed by atoms with van der Waals surface area (Å²) in [6.07, 6.45) is 2.62. The Morgan fingerprint density at radius 3 is 2.83 bits per heavy atom. The smallest absolute Gasteiger partial charge is 0.247 e. The van der Waals surface area contributed by atoms with Crippen molar-refractivity contribution < 1.29 is 4.42 Å². The fourth-order valence-electron chi connectivity index (χ4n) is 2.31. The molecule has 0 fully saturated rings. The van der Waals surface area contributed by atoms with Crippen molar-refractivity contribution in [1.29, 1.82) is 0 Å². The maximum atomic E-state index is 5.75. The molecule has 24 heavy (non-hydrogen) atoms. The summed E-state index contributed by atoms with van der Waals surface area (Å²) in [7, 11) is 0. The highest BCUT2D eigenvalue weighted by atomic mass is 32.2. The summed E-state index contributed by atoms with van der Waals surface area (Å²) in [5.41, 5.74) is 0.927. The van der Waals surface area contributed by atoms with Crippen molar-refractivity contribution in [3.05, 3.63) is 53.5 Å². The summed E-state index contributed by atoms with van der Waals surface area (Å²) >= 11 is 3.31. The van der Waals surface area contributed by atoms with E-state index in [2.05, 4.69) is 33.2 Å². The van der Waals surface area contributed by atoms with Gasteiger partial charge in [-0.05, 0) is 24.6 Å². The molecule has 0 bridgehead atoms. The fraction of sp³-hybridized carbons (Fsp3) is 0.176. The topological polar surface area (TPSA) is 64.7 Å². The molecule has 0 N–H and O–H groups in total. The van der Waals surface area contributed by atoms with Crippen molar-refractivity contribution in [3.8, 4) is 11.5 Å². The van der Waals surface area contributed by atoms with E-state index in [1.807, 2.05) is 30.3 Å². The Morgan fingerprint density at radius 1 is 1.12 bits per heavy atom. The van der Waals surface area contributed by atoms with Gasteiger partial charge in [-0.1, -0.05) is 36.9 Å². The van der Waals surface area contributed by atoms with Gasteiger partial charge in [-0.25, -0.2) is 9.97 Å². The van der Waals surface area contributed by atoms with Gasteiger partial charge >= 0.3 is 0 Å². The molecule has 0 spiro atoms. The first-order valence-corrected chi connectivity index (χ1v) is 9.37. The van der Waals surface area contributed by atoms with Gasteiger partial charge < -0.3 is 4.42 Å². The average molecular weight is 354 g/mol. The Labute approximate surface area is 147 Å². The molecule has 0 saturated heterocycles.